The molecule has 0 bridgehead atoms. The van der Waals surface area contributed by atoms with Crippen LogP contribution in [0.15, 0.2) is 28.7 Å². The van der Waals surface area contributed by atoms with Crippen molar-refractivity contribution in [1.82, 2.24) is 5.32 Å². The highest BCUT2D eigenvalue weighted by atomic mass is 79.9. The van der Waals surface area contributed by atoms with E-state index in [4.69, 9.17) is 5.14 Å². The third kappa shape index (κ3) is 6.17. The largest absolute Gasteiger partial charge is 0.355 e. The second kappa shape index (κ2) is 7.02. The van der Waals surface area contributed by atoms with Gasteiger partial charge in [0.05, 0.1) is 5.75 Å². The van der Waals surface area contributed by atoms with E-state index in [0.717, 1.165) is 10.0 Å². The highest BCUT2D eigenvalue weighted by molar-refractivity contribution is 9.10. The number of rotatable bonds is 6. The van der Waals surface area contributed by atoms with Gasteiger partial charge in [-0.2, -0.15) is 0 Å². The first kappa shape index (κ1) is 16.1. The van der Waals surface area contributed by atoms with Gasteiger partial charge in [0.15, 0.2) is 0 Å². The maximum Gasteiger partial charge on any atom is 0.220 e. The first-order valence-electron chi connectivity index (χ1n) is 5.81. The summed E-state index contributed by atoms with van der Waals surface area (Å²) in [7, 11) is -3.53. The minimum atomic E-state index is -3.53. The maximum atomic E-state index is 11.7. The molecule has 0 spiro atoms. The molecule has 3 N–H and O–H groups in total. The van der Waals surface area contributed by atoms with E-state index in [-0.39, 0.29) is 24.1 Å². The van der Waals surface area contributed by atoms with E-state index in [1.165, 1.54) is 0 Å². The van der Waals surface area contributed by atoms with Crippen LogP contribution in [0.25, 0.3) is 0 Å². The minimum Gasteiger partial charge on any atom is -0.355 e. The molecule has 0 aromatic heterocycles. The average Bonchev–Trinajstić information content (AvgIpc) is 2.27. The van der Waals surface area contributed by atoms with Crippen LogP contribution in [-0.2, 0) is 14.8 Å². The predicted molar refractivity (Wildman–Crippen MR) is 78.2 cm³/mol. The molecule has 106 valence electrons. The van der Waals surface area contributed by atoms with Crippen molar-refractivity contribution in [3.63, 3.8) is 0 Å². The van der Waals surface area contributed by atoms with Gasteiger partial charge in [0.1, 0.15) is 0 Å². The quantitative estimate of drug-likeness (QED) is 0.812. The van der Waals surface area contributed by atoms with Gasteiger partial charge in [0, 0.05) is 17.4 Å². The molecule has 1 unspecified atom stereocenters. The molecular weight excluding hydrogens is 332 g/mol. The lowest BCUT2D eigenvalue weighted by Crippen LogP contribution is -2.32. The van der Waals surface area contributed by atoms with Gasteiger partial charge in [-0.3, -0.25) is 4.79 Å². The zero-order valence-electron chi connectivity index (χ0n) is 10.6. The molecule has 0 fully saturated rings. The van der Waals surface area contributed by atoms with E-state index in [1.54, 1.807) is 0 Å². The summed E-state index contributed by atoms with van der Waals surface area (Å²) in [6, 6.07) is 7.69. The maximum absolute atomic E-state index is 11.7. The Morgan fingerprint density at radius 1 is 1.42 bits per heavy atom. The zero-order chi connectivity index (χ0) is 14.5. The van der Waals surface area contributed by atoms with E-state index in [1.807, 2.05) is 31.2 Å². The summed E-state index contributed by atoms with van der Waals surface area (Å²) in [5.41, 5.74) is 1.05. The third-order valence-electron chi connectivity index (χ3n) is 2.64. The summed E-state index contributed by atoms with van der Waals surface area (Å²) in [4.78, 5) is 11.7. The number of nitrogens with two attached hydrogens (primary N) is 1. The van der Waals surface area contributed by atoms with Gasteiger partial charge in [-0.15, -0.1) is 0 Å². The molecule has 1 aromatic carbocycles. The second-order valence-corrected chi connectivity index (χ2v) is 6.93. The van der Waals surface area contributed by atoms with Crippen LogP contribution in [0, 0.1) is 0 Å². The van der Waals surface area contributed by atoms with Crippen LogP contribution in [-0.4, -0.2) is 26.6 Å². The lowest BCUT2D eigenvalue weighted by Gasteiger charge is -2.13. The Bertz CT molecular complexity index is 546. The summed E-state index contributed by atoms with van der Waals surface area (Å²) >= 11 is 3.44. The Morgan fingerprint density at radius 2 is 2.05 bits per heavy atom. The van der Waals surface area contributed by atoms with Crippen molar-refractivity contribution in [3.8, 4) is 0 Å². The summed E-state index contributed by atoms with van der Waals surface area (Å²) in [5.74, 6) is -0.390. The van der Waals surface area contributed by atoms with Gasteiger partial charge in [-0.05, 0) is 17.5 Å². The number of hydrogen-bond acceptors (Lipinski definition) is 3. The number of carbonyl (C=O) groups is 1. The van der Waals surface area contributed by atoms with E-state index in [2.05, 4.69) is 21.2 Å². The Hall–Kier alpha value is -0.920. The van der Waals surface area contributed by atoms with Crippen molar-refractivity contribution in [3.05, 3.63) is 34.3 Å². The number of sulfonamides is 1. The monoisotopic (exact) mass is 348 g/mol. The first-order valence-corrected chi connectivity index (χ1v) is 8.32. The number of halogens is 1. The average molecular weight is 349 g/mol. The summed E-state index contributed by atoms with van der Waals surface area (Å²) < 4.78 is 22.4. The van der Waals surface area contributed by atoms with Crippen molar-refractivity contribution in [2.45, 2.75) is 19.3 Å². The highest BCUT2D eigenvalue weighted by Gasteiger charge is 2.13. The number of amides is 1. The van der Waals surface area contributed by atoms with Crippen molar-refractivity contribution in [2.24, 2.45) is 5.14 Å². The standard InChI is InChI=1S/C12H17BrN2O3S/c1-9(10-4-2-3-5-11(10)13)8-12(16)15-6-7-19(14,17)18/h2-5,9H,6-8H2,1H3,(H,15,16)(H2,14,17,18). The molecule has 19 heavy (non-hydrogen) atoms. The number of benzene rings is 1. The molecule has 0 saturated carbocycles. The normalized spacial score (nSPS) is 13.0. The van der Waals surface area contributed by atoms with Crippen LogP contribution < -0.4 is 10.5 Å². The molecule has 0 aliphatic carbocycles. The molecule has 0 aliphatic rings. The molecule has 1 aromatic rings. The van der Waals surface area contributed by atoms with Crippen LogP contribution in [0.1, 0.15) is 24.8 Å². The van der Waals surface area contributed by atoms with E-state index >= 15 is 0 Å². The van der Waals surface area contributed by atoms with Crippen molar-refractivity contribution in [1.29, 1.82) is 0 Å². The molecule has 1 amide bonds. The van der Waals surface area contributed by atoms with E-state index < -0.39 is 10.0 Å². The Labute approximate surface area is 121 Å². The van der Waals surface area contributed by atoms with Crippen molar-refractivity contribution in [2.75, 3.05) is 12.3 Å². The molecule has 5 nitrogen and oxygen atoms in total. The minimum absolute atomic E-state index is 0.0420. The van der Waals surface area contributed by atoms with Crippen molar-refractivity contribution >= 4 is 31.9 Å². The lowest BCUT2D eigenvalue weighted by atomic mass is 9.97. The Balaban J connectivity index is 2.47. The third-order valence-corrected chi connectivity index (χ3v) is 4.13. The van der Waals surface area contributed by atoms with Crippen LogP contribution >= 0.6 is 15.9 Å². The number of nitrogens with one attached hydrogen (secondary N) is 1. The molecule has 0 heterocycles. The van der Waals surface area contributed by atoms with E-state index in [9.17, 15) is 13.2 Å². The lowest BCUT2D eigenvalue weighted by molar-refractivity contribution is -0.121. The second-order valence-electron chi connectivity index (χ2n) is 4.34. The molecule has 1 rings (SSSR count). The summed E-state index contributed by atoms with van der Waals surface area (Å²) in [6.07, 6.45) is 0.299. The fourth-order valence-corrected chi connectivity index (χ4v) is 2.73. The van der Waals surface area contributed by atoms with Gasteiger partial charge in [-0.1, -0.05) is 41.1 Å². The van der Waals surface area contributed by atoms with Crippen LogP contribution in [0.2, 0.25) is 0 Å². The fourth-order valence-electron chi connectivity index (χ4n) is 1.67. The first-order chi connectivity index (χ1) is 8.79. The Morgan fingerprint density at radius 3 is 2.63 bits per heavy atom. The fraction of sp³-hybridized carbons (Fsp3) is 0.417. The number of primary sulfonamides is 1. The van der Waals surface area contributed by atoms with Gasteiger partial charge < -0.3 is 5.32 Å². The molecular formula is C12H17BrN2O3S. The van der Waals surface area contributed by atoms with Crippen LogP contribution in [0.4, 0.5) is 0 Å². The number of hydrogen-bond donors (Lipinski definition) is 2. The molecule has 0 aliphatic heterocycles. The number of carbonyl (C=O) groups excluding carboxylic acids is 1. The predicted octanol–water partition coefficient (Wildman–Crippen LogP) is 1.35. The van der Waals surface area contributed by atoms with Gasteiger partial charge >= 0.3 is 0 Å². The molecule has 1 atom stereocenters. The SMILES string of the molecule is CC(CC(=O)NCCS(N)(=O)=O)c1ccccc1Br. The smallest absolute Gasteiger partial charge is 0.220 e. The summed E-state index contributed by atoms with van der Waals surface area (Å²) in [6.45, 7) is 1.99. The topological polar surface area (TPSA) is 89.3 Å². The summed E-state index contributed by atoms with van der Waals surface area (Å²) in [5, 5.41) is 7.39. The van der Waals surface area contributed by atoms with Crippen molar-refractivity contribution < 1.29 is 13.2 Å². The van der Waals surface area contributed by atoms with Crippen LogP contribution in [0.3, 0.4) is 0 Å². The van der Waals surface area contributed by atoms with E-state index in [0.29, 0.717) is 6.42 Å². The Kier molecular flexibility index (Phi) is 5.96. The van der Waals surface area contributed by atoms with Gasteiger partial charge in [0.25, 0.3) is 0 Å². The van der Waals surface area contributed by atoms with Gasteiger partial charge in [-0.25, -0.2) is 13.6 Å². The molecule has 0 radical (unpaired) electrons. The molecule has 7 heteroatoms. The highest BCUT2D eigenvalue weighted by Crippen LogP contribution is 2.26. The zero-order valence-corrected chi connectivity index (χ0v) is 13.0. The van der Waals surface area contributed by atoms with Crippen LogP contribution in [0.5, 0.6) is 0 Å². The van der Waals surface area contributed by atoms with Gasteiger partial charge in [0.2, 0.25) is 15.9 Å². The molecule has 0 saturated heterocycles.